The predicted molar refractivity (Wildman–Crippen MR) is 112 cm³/mol. The van der Waals surface area contributed by atoms with Gasteiger partial charge in [0.05, 0.1) is 20.9 Å². The molecule has 0 unspecified atom stereocenters. The minimum absolute atomic E-state index is 0.0147. The molecule has 3 heterocycles. The molecule has 0 spiro atoms. The van der Waals surface area contributed by atoms with Crippen LogP contribution >= 0.6 is 0 Å². The van der Waals surface area contributed by atoms with Crippen LogP contribution in [0.3, 0.4) is 0 Å². The number of anilines is 2. The van der Waals surface area contributed by atoms with Crippen LogP contribution in [0.1, 0.15) is 40.7 Å². The van der Waals surface area contributed by atoms with Crippen LogP contribution in [-0.4, -0.2) is 45.4 Å². The summed E-state index contributed by atoms with van der Waals surface area (Å²) in [5.41, 5.74) is 0.972. The number of carbonyl (C=O) groups is 1. The average Bonchev–Trinajstić information content (AvgIpc) is 2.87. The van der Waals surface area contributed by atoms with Crippen molar-refractivity contribution in [3.8, 4) is 6.07 Å². The van der Waals surface area contributed by atoms with Crippen molar-refractivity contribution in [2.75, 3.05) is 29.6 Å². The zero-order valence-corrected chi connectivity index (χ0v) is 17.9. The molecule has 8 nitrogen and oxygen atoms in total. The van der Waals surface area contributed by atoms with Crippen LogP contribution in [0.4, 0.5) is 20.3 Å². The fourth-order valence-electron chi connectivity index (χ4n) is 3.38. The van der Waals surface area contributed by atoms with E-state index in [1.165, 1.54) is 30.8 Å². The minimum atomic E-state index is -3.08. The topological polar surface area (TPSA) is 123 Å². The number of aromatic nitrogens is 2. The number of nitriles is 1. The first-order valence-electron chi connectivity index (χ1n) is 9.55. The summed E-state index contributed by atoms with van der Waals surface area (Å²) in [7, 11) is -3.08. The Morgan fingerprint density at radius 2 is 2.10 bits per heavy atom. The summed E-state index contributed by atoms with van der Waals surface area (Å²) in [5.74, 6) is -3.12. The van der Waals surface area contributed by atoms with Gasteiger partial charge in [0.15, 0.2) is 0 Å². The SMILES string of the molecule is Cc1c(C#N)cnc(N2CCCC(F)(F)CC2)c1C(=O)Nc1ccnc([S@](C)(=N)=O)c1. The van der Waals surface area contributed by atoms with Crippen molar-refractivity contribution in [3.05, 3.63) is 41.2 Å². The first-order valence-corrected chi connectivity index (χ1v) is 11.5. The summed E-state index contributed by atoms with van der Waals surface area (Å²) in [6.45, 7) is 1.94. The highest BCUT2D eigenvalue weighted by Gasteiger charge is 2.33. The number of rotatable bonds is 4. The highest BCUT2D eigenvalue weighted by atomic mass is 32.2. The summed E-state index contributed by atoms with van der Waals surface area (Å²) in [6.07, 6.45) is 3.55. The number of pyridine rings is 2. The van der Waals surface area contributed by atoms with Gasteiger partial charge in [-0.15, -0.1) is 0 Å². The fourth-order valence-corrected chi connectivity index (χ4v) is 4.00. The summed E-state index contributed by atoms with van der Waals surface area (Å²) in [4.78, 5) is 23.0. The van der Waals surface area contributed by atoms with E-state index < -0.39 is 21.6 Å². The van der Waals surface area contributed by atoms with Gasteiger partial charge in [-0.2, -0.15) is 5.26 Å². The number of alkyl halides is 2. The normalized spacial score (nSPS) is 17.8. The van der Waals surface area contributed by atoms with Gasteiger partial charge in [0.25, 0.3) is 5.91 Å². The van der Waals surface area contributed by atoms with E-state index in [2.05, 4.69) is 15.3 Å². The van der Waals surface area contributed by atoms with Crippen molar-refractivity contribution >= 4 is 27.1 Å². The Morgan fingerprint density at radius 1 is 1.35 bits per heavy atom. The Balaban J connectivity index is 1.99. The van der Waals surface area contributed by atoms with Crippen LogP contribution in [0.2, 0.25) is 0 Å². The molecular formula is C20H22F2N6O2S. The van der Waals surface area contributed by atoms with Gasteiger partial charge in [0.2, 0.25) is 5.92 Å². The van der Waals surface area contributed by atoms with Crippen LogP contribution < -0.4 is 10.2 Å². The molecule has 3 rings (SSSR count). The maximum Gasteiger partial charge on any atom is 0.259 e. The molecule has 164 valence electrons. The Hall–Kier alpha value is -3.13. The first kappa shape index (κ1) is 22.6. The highest BCUT2D eigenvalue weighted by molar-refractivity contribution is 7.91. The number of carbonyl (C=O) groups excluding carboxylic acids is 1. The standard InChI is InChI=1S/C20H22F2N6O2S/c1-13-14(11-23)12-26-18(28-8-3-5-20(21,22)6-9-28)17(13)19(29)27-15-4-7-25-16(10-15)31(2,24)30/h4,7,10,12,24H,3,5-6,8-9H2,1-2H3,(H,25,27,29)/t31-/m1/s1. The van der Waals surface area contributed by atoms with E-state index in [0.717, 1.165) is 0 Å². The zero-order valence-electron chi connectivity index (χ0n) is 17.1. The lowest BCUT2D eigenvalue weighted by molar-refractivity contribution is -0.0102. The first-order chi connectivity index (χ1) is 14.5. The third-order valence-corrected chi connectivity index (χ3v) is 6.10. The average molecular weight is 448 g/mol. The van der Waals surface area contributed by atoms with Gasteiger partial charge in [-0.05, 0) is 31.0 Å². The molecule has 2 aromatic rings. The van der Waals surface area contributed by atoms with Crippen molar-refractivity contribution in [1.82, 2.24) is 9.97 Å². The quantitative estimate of drug-likeness (QED) is 0.737. The van der Waals surface area contributed by atoms with Gasteiger partial charge in [0, 0.05) is 50.3 Å². The lowest BCUT2D eigenvalue weighted by Crippen LogP contribution is -2.30. The molecule has 1 amide bonds. The van der Waals surface area contributed by atoms with E-state index >= 15 is 0 Å². The fraction of sp³-hybridized carbons (Fsp3) is 0.400. The number of hydrogen-bond acceptors (Lipinski definition) is 7. The van der Waals surface area contributed by atoms with Crippen molar-refractivity contribution in [2.45, 2.75) is 37.1 Å². The van der Waals surface area contributed by atoms with E-state index in [4.69, 9.17) is 4.78 Å². The van der Waals surface area contributed by atoms with Crippen molar-refractivity contribution in [2.24, 2.45) is 0 Å². The second kappa shape index (κ2) is 8.55. The van der Waals surface area contributed by atoms with Crippen molar-refractivity contribution in [1.29, 1.82) is 10.0 Å². The number of halogens is 2. The van der Waals surface area contributed by atoms with Gasteiger partial charge in [-0.3, -0.25) is 4.79 Å². The molecule has 1 atom stereocenters. The molecule has 1 fully saturated rings. The van der Waals surface area contributed by atoms with Crippen LogP contribution in [0.25, 0.3) is 0 Å². The summed E-state index contributed by atoms with van der Waals surface area (Å²) >= 11 is 0. The molecule has 0 aliphatic carbocycles. The zero-order chi connectivity index (χ0) is 22.8. The molecule has 2 N–H and O–H groups in total. The third kappa shape index (κ3) is 5.14. The Morgan fingerprint density at radius 3 is 2.77 bits per heavy atom. The Bertz CT molecular complexity index is 1160. The summed E-state index contributed by atoms with van der Waals surface area (Å²) < 4.78 is 47.3. The molecule has 11 heteroatoms. The molecule has 0 radical (unpaired) electrons. The van der Waals surface area contributed by atoms with Gasteiger partial charge in [-0.25, -0.2) is 27.7 Å². The molecule has 0 bridgehead atoms. The Kier molecular flexibility index (Phi) is 6.22. The van der Waals surface area contributed by atoms with Crippen LogP contribution in [0, 0.1) is 23.0 Å². The third-order valence-electron chi connectivity index (χ3n) is 5.08. The molecule has 1 aliphatic rings. The van der Waals surface area contributed by atoms with E-state index in [1.807, 2.05) is 6.07 Å². The number of hydrogen-bond donors (Lipinski definition) is 2. The minimum Gasteiger partial charge on any atom is -0.356 e. The van der Waals surface area contributed by atoms with Crippen molar-refractivity contribution < 1.29 is 17.8 Å². The van der Waals surface area contributed by atoms with Gasteiger partial charge >= 0.3 is 0 Å². The highest BCUT2D eigenvalue weighted by Crippen LogP contribution is 2.32. The van der Waals surface area contributed by atoms with Gasteiger partial charge < -0.3 is 10.2 Å². The van der Waals surface area contributed by atoms with E-state index in [1.54, 1.807) is 11.8 Å². The van der Waals surface area contributed by atoms with Crippen LogP contribution in [0.15, 0.2) is 29.6 Å². The molecular weight excluding hydrogens is 426 g/mol. The second-order valence-electron chi connectivity index (χ2n) is 7.48. The van der Waals surface area contributed by atoms with Gasteiger partial charge in [0.1, 0.15) is 16.9 Å². The number of nitrogens with one attached hydrogen (secondary N) is 2. The smallest absolute Gasteiger partial charge is 0.259 e. The van der Waals surface area contributed by atoms with E-state index in [9.17, 15) is 23.0 Å². The van der Waals surface area contributed by atoms with Crippen molar-refractivity contribution in [3.63, 3.8) is 0 Å². The second-order valence-corrected chi connectivity index (χ2v) is 9.59. The molecule has 1 aliphatic heterocycles. The van der Waals surface area contributed by atoms with Crippen LogP contribution in [-0.2, 0) is 9.73 Å². The summed E-state index contributed by atoms with van der Waals surface area (Å²) in [6, 6.07) is 4.81. The van der Waals surface area contributed by atoms with Gasteiger partial charge in [-0.1, -0.05) is 0 Å². The molecule has 0 aromatic carbocycles. The van der Waals surface area contributed by atoms with E-state index in [0.29, 0.717) is 12.1 Å². The molecule has 2 aromatic heterocycles. The number of amides is 1. The molecule has 31 heavy (non-hydrogen) atoms. The molecule has 0 saturated carbocycles. The predicted octanol–water partition coefficient (Wildman–Crippen LogP) is 3.57. The maximum absolute atomic E-state index is 13.8. The maximum atomic E-state index is 13.8. The lowest BCUT2D eigenvalue weighted by atomic mass is 10.0. The number of nitrogens with zero attached hydrogens (tertiary/aromatic N) is 4. The van der Waals surface area contributed by atoms with E-state index in [-0.39, 0.29) is 53.5 Å². The Labute approximate surface area is 179 Å². The monoisotopic (exact) mass is 448 g/mol. The van der Waals surface area contributed by atoms with Crippen LogP contribution in [0.5, 0.6) is 0 Å². The summed E-state index contributed by atoms with van der Waals surface area (Å²) in [5, 5.41) is 12.0. The largest absolute Gasteiger partial charge is 0.356 e. The lowest BCUT2D eigenvalue weighted by Gasteiger charge is -2.25. The molecule has 1 saturated heterocycles.